The van der Waals surface area contributed by atoms with Crippen molar-refractivity contribution in [1.82, 2.24) is 34.8 Å². The lowest BCUT2D eigenvalue weighted by Crippen LogP contribution is -2.54. The van der Waals surface area contributed by atoms with Crippen molar-refractivity contribution in [3.8, 4) is 22.6 Å². The van der Waals surface area contributed by atoms with Crippen molar-refractivity contribution >= 4 is 62.6 Å². The molecule has 1 aliphatic carbocycles. The molecule has 17 nitrogen and oxygen atoms in total. The molecule has 0 spiro atoms. The summed E-state index contributed by atoms with van der Waals surface area (Å²) in [4.78, 5) is 101. The number of rotatable bonds is 13. The summed E-state index contributed by atoms with van der Waals surface area (Å²) in [5.74, 6) is 0.342. The van der Waals surface area contributed by atoms with E-state index >= 15 is 0 Å². The van der Waals surface area contributed by atoms with E-state index in [0.29, 0.717) is 78.7 Å². The highest BCUT2D eigenvalue weighted by atomic mass is 32.1. The van der Waals surface area contributed by atoms with E-state index in [1.165, 1.54) is 11.3 Å². The number of nitrogens with one attached hydrogen (secondary N) is 2. The number of ether oxygens (including phenoxy) is 2. The van der Waals surface area contributed by atoms with Crippen LogP contribution >= 0.6 is 11.3 Å². The molecule has 0 bridgehead atoms. The van der Waals surface area contributed by atoms with Crippen molar-refractivity contribution in [2.45, 2.75) is 44.7 Å². The summed E-state index contributed by atoms with van der Waals surface area (Å²) in [6, 6.07) is 9.79. The van der Waals surface area contributed by atoms with Gasteiger partial charge < -0.3 is 34.1 Å². The van der Waals surface area contributed by atoms with E-state index < -0.39 is 29.7 Å². The molecule has 18 heteroatoms. The Kier molecular flexibility index (Phi) is 12.5. The third-order valence-electron chi connectivity index (χ3n) is 14.0. The van der Waals surface area contributed by atoms with Crippen LogP contribution in [0.4, 0.5) is 5.69 Å². The second kappa shape index (κ2) is 18.3. The molecule has 5 aliphatic rings. The smallest absolute Gasteiger partial charge is 0.262 e. The van der Waals surface area contributed by atoms with Crippen LogP contribution < -0.4 is 30.6 Å². The molecule has 4 aliphatic heterocycles. The third-order valence-corrected chi connectivity index (χ3v) is 15.2. The van der Waals surface area contributed by atoms with E-state index in [2.05, 4.69) is 20.4 Å². The number of carbonyl (C=O) groups is 6. The van der Waals surface area contributed by atoms with Crippen molar-refractivity contribution in [2.24, 2.45) is 24.8 Å². The molecule has 6 amide bonds. The summed E-state index contributed by atoms with van der Waals surface area (Å²) >= 11 is 1.31. The van der Waals surface area contributed by atoms with Gasteiger partial charge in [-0.1, -0.05) is 0 Å². The molecule has 9 rings (SSSR count). The lowest BCUT2D eigenvalue weighted by atomic mass is 10.0. The van der Waals surface area contributed by atoms with Crippen LogP contribution in [0.1, 0.15) is 68.1 Å². The lowest BCUT2D eigenvalue weighted by molar-refractivity contribution is -0.136. The lowest BCUT2D eigenvalue weighted by Gasteiger charge is -2.36. The van der Waals surface area contributed by atoms with Crippen LogP contribution in [0.2, 0.25) is 0 Å². The molecule has 2 N–H and O–H groups in total. The van der Waals surface area contributed by atoms with Gasteiger partial charge in [-0.15, -0.1) is 11.3 Å². The Balaban J connectivity index is 0.742. The van der Waals surface area contributed by atoms with Gasteiger partial charge in [-0.05, 0) is 93.1 Å². The van der Waals surface area contributed by atoms with Gasteiger partial charge >= 0.3 is 0 Å². The number of anilines is 1. The first-order valence-electron chi connectivity index (χ1n) is 22.6. The zero-order valence-corrected chi connectivity index (χ0v) is 38.8. The van der Waals surface area contributed by atoms with Crippen molar-refractivity contribution in [3.05, 3.63) is 74.5 Å². The quantitative estimate of drug-likeness (QED) is 0.187. The molecule has 4 aromatic rings. The number of carbonyl (C=O) groups excluding carboxylic acids is 6. The molecule has 348 valence electrons. The molecule has 2 aromatic heterocycles. The average molecular weight is 921 g/mol. The number of aryl methyl sites for hydroxylation is 1. The number of methoxy groups -OCH3 is 2. The Morgan fingerprint density at radius 3 is 2.21 bits per heavy atom. The van der Waals surface area contributed by atoms with Gasteiger partial charge in [0, 0.05) is 101 Å². The number of piperazine rings is 1. The maximum Gasteiger partial charge on any atom is 0.262 e. The first kappa shape index (κ1) is 45.1. The second-order valence-electron chi connectivity index (χ2n) is 18.5. The first-order chi connectivity index (χ1) is 31.7. The fourth-order valence-electron chi connectivity index (χ4n) is 10.6. The van der Waals surface area contributed by atoms with Crippen LogP contribution in [0.3, 0.4) is 0 Å². The van der Waals surface area contributed by atoms with E-state index in [0.717, 1.165) is 71.0 Å². The number of amides is 6. The number of benzene rings is 2. The molecule has 1 saturated carbocycles. The molecule has 0 radical (unpaired) electrons. The number of nitrogens with zero attached hydrogens (tertiary/aromatic N) is 6. The maximum absolute atomic E-state index is 13.6. The molecule has 2 aromatic carbocycles. The normalized spacial score (nSPS) is 22.1. The van der Waals surface area contributed by atoms with Crippen LogP contribution in [-0.2, 0) is 28.0 Å². The van der Waals surface area contributed by atoms with E-state index in [1.54, 1.807) is 50.2 Å². The summed E-state index contributed by atoms with van der Waals surface area (Å²) in [6.07, 6.45) is 4.30. The topological polar surface area (TPSA) is 183 Å². The predicted octanol–water partition coefficient (Wildman–Crippen LogP) is 3.17. The summed E-state index contributed by atoms with van der Waals surface area (Å²) in [7, 11) is 8.93. The Hall–Kier alpha value is -6.11. The molecular formula is C48H56N8O9S. The summed E-state index contributed by atoms with van der Waals surface area (Å²) in [6.45, 7) is 6.15. The van der Waals surface area contributed by atoms with Gasteiger partial charge in [0.15, 0.2) is 0 Å². The standard InChI is InChI=1S/C48H56N8O9S/c1-51(2)25-36-38(64-4)18-28(19-39(36)65-5)35-26-52(3)46(61)34-21-40(66-43(34)35)45(60)49-22-27-16-29-23-55(24-30(29)17-27)42(58)10-11-53-12-14-54(15-13-53)31-6-7-32-33(20-31)48(63)56(47(32)62)37-8-9-41(57)50-44(37)59/h6-7,18-21,26-27,29-30,37H,8-17,22-25H2,1-5H3,(H,49,60)(H,50,57,59). The number of pyridine rings is 1. The highest BCUT2D eigenvalue weighted by Gasteiger charge is 2.45. The number of fused-ring (bicyclic) bond motifs is 3. The number of hydrogen-bond acceptors (Lipinski definition) is 13. The minimum absolute atomic E-state index is 0.0698. The van der Waals surface area contributed by atoms with E-state index in [-0.39, 0.29) is 41.3 Å². The monoisotopic (exact) mass is 920 g/mol. The maximum atomic E-state index is 13.6. The van der Waals surface area contributed by atoms with Crippen molar-refractivity contribution in [1.29, 1.82) is 0 Å². The number of piperidine rings is 1. The number of aromatic nitrogens is 1. The molecule has 66 heavy (non-hydrogen) atoms. The minimum Gasteiger partial charge on any atom is -0.496 e. The predicted molar refractivity (Wildman–Crippen MR) is 248 cm³/mol. The van der Waals surface area contributed by atoms with Crippen molar-refractivity contribution in [3.63, 3.8) is 0 Å². The van der Waals surface area contributed by atoms with Gasteiger partial charge in [-0.3, -0.25) is 48.7 Å². The number of likely N-dealkylation sites (tertiary alicyclic amines) is 1. The highest BCUT2D eigenvalue weighted by Crippen LogP contribution is 2.43. The summed E-state index contributed by atoms with van der Waals surface area (Å²) in [5, 5.41) is 5.87. The van der Waals surface area contributed by atoms with Gasteiger partial charge in [0.05, 0.1) is 41.2 Å². The molecule has 3 unspecified atom stereocenters. The third kappa shape index (κ3) is 8.57. The number of hydrogen-bond donors (Lipinski definition) is 2. The second-order valence-corrected chi connectivity index (χ2v) is 19.6. The van der Waals surface area contributed by atoms with Gasteiger partial charge in [0.1, 0.15) is 17.5 Å². The highest BCUT2D eigenvalue weighted by molar-refractivity contribution is 7.21. The van der Waals surface area contributed by atoms with E-state index in [1.807, 2.05) is 42.1 Å². The van der Waals surface area contributed by atoms with E-state index in [9.17, 15) is 33.6 Å². The number of imide groups is 2. The first-order valence-corrected chi connectivity index (χ1v) is 23.4. The van der Waals surface area contributed by atoms with Crippen LogP contribution in [0.25, 0.3) is 21.2 Å². The Bertz CT molecular complexity index is 2670. The van der Waals surface area contributed by atoms with Gasteiger partial charge in [0.2, 0.25) is 17.7 Å². The molecule has 3 atom stereocenters. The zero-order chi connectivity index (χ0) is 46.6. The Morgan fingerprint density at radius 1 is 0.879 bits per heavy atom. The average Bonchev–Trinajstić information content (AvgIpc) is 4.08. The summed E-state index contributed by atoms with van der Waals surface area (Å²) < 4.78 is 13.8. The van der Waals surface area contributed by atoms with E-state index in [4.69, 9.17) is 9.47 Å². The fraction of sp³-hybridized carbons (Fsp3) is 0.479. The molecular weight excluding hydrogens is 865 g/mol. The van der Waals surface area contributed by atoms with Crippen LogP contribution in [0.5, 0.6) is 11.5 Å². The fourth-order valence-corrected chi connectivity index (χ4v) is 11.7. The van der Waals surface area contributed by atoms with Crippen molar-refractivity contribution < 1.29 is 38.2 Å². The zero-order valence-electron chi connectivity index (χ0n) is 38.0. The van der Waals surface area contributed by atoms with Gasteiger partial charge in [-0.2, -0.15) is 0 Å². The molecule has 6 heterocycles. The Labute approximate surface area is 386 Å². The van der Waals surface area contributed by atoms with Gasteiger partial charge in [-0.25, -0.2) is 0 Å². The van der Waals surface area contributed by atoms with Crippen LogP contribution in [0.15, 0.2) is 47.4 Å². The SMILES string of the molecule is COc1cc(-c2cn(C)c(=O)c3cc(C(=O)NCC4CC5CN(C(=O)CCN6CCN(c7ccc8c(c7)C(=O)N(C7CCC(=O)NC7=O)C8=O)CC6)CC5C4)sc23)cc(OC)c1CN(C)C. The van der Waals surface area contributed by atoms with Crippen LogP contribution in [0, 0.1) is 17.8 Å². The van der Waals surface area contributed by atoms with Gasteiger partial charge in [0.25, 0.3) is 23.3 Å². The van der Waals surface area contributed by atoms with Crippen LogP contribution in [-0.4, -0.2) is 146 Å². The molecule has 4 fully saturated rings. The minimum atomic E-state index is -1.00. The van der Waals surface area contributed by atoms with Crippen molar-refractivity contribution in [2.75, 3.05) is 85.6 Å². The number of thiophene rings is 1. The summed E-state index contributed by atoms with van der Waals surface area (Å²) in [5.41, 5.74) is 3.71. The Morgan fingerprint density at radius 2 is 1.56 bits per heavy atom. The molecule has 3 saturated heterocycles. The largest absolute Gasteiger partial charge is 0.496 e.